The predicted molar refractivity (Wildman–Crippen MR) is 67.9 cm³/mol. The van der Waals surface area contributed by atoms with Crippen molar-refractivity contribution in [3.05, 3.63) is 11.1 Å². The first-order valence-electron chi connectivity index (χ1n) is 5.99. The maximum Gasteiger partial charge on any atom is 0.250 e. The van der Waals surface area contributed by atoms with Crippen molar-refractivity contribution in [3.8, 4) is 6.07 Å². The van der Waals surface area contributed by atoms with Gasteiger partial charge in [0, 0.05) is 12.1 Å². The first-order chi connectivity index (χ1) is 7.66. The van der Waals surface area contributed by atoms with Gasteiger partial charge in [-0.15, -0.1) is 0 Å². The fourth-order valence-corrected chi connectivity index (χ4v) is 1.25. The van der Waals surface area contributed by atoms with Crippen LogP contribution in [0.3, 0.4) is 0 Å². The molecule has 0 atom stereocenters. The Morgan fingerprint density at radius 2 is 1.75 bits per heavy atom. The number of carbonyl (C=O) groups excluding carboxylic acids is 1. The van der Waals surface area contributed by atoms with Crippen LogP contribution in [0.5, 0.6) is 0 Å². The second-order valence-corrected chi connectivity index (χ2v) is 3.04. The van der Waals surface area contributed by atoms with Gasteiger partial charge in [-0.05, 0) is 20.3 Å². The van der Waals surface area contributed by atoms with E-state index in [9.17, 15) is 4.79 Å². The van der Waals surface area contributed by atoms with Gasteiger partial charge in [-0.25, -0.2) is 0 Å². The van der Waals surface area contributed by atoms with E-state index in [0.717, 1.165) is 17.6 Å². The van der Waals surface area contributed by atoms with Crippen molar-refractivity contribution in [1.29, 1.82) is 5.26 Å². The van der Waals surface area contributed by atoms with Crippen LogP contribution in [0.4, 0.5) is 0 Å². The van der Waals surface area contributed by atoms with Crippen LogP contribution < -0.4 is 0 Å². The van der Waals surface area contributed by atoms with Crippen molar-refractivity contribution in [1.82, 2.24) is 4.90 Å². The van der Waals surface area contributed by atoms with Gasteiger partial charge in [0.05, 0.1) is 6.07 Å². The molecule has 1 rings (SSSR count). The van der Waals surface area contributed by atoms with Crippen LogP contribution in [0.25, 0.3) is 0 Å². The minimum Gasteiger partial charge on any atom is -0.325 e. The molecule has 0 radical (unpaired) electrons. The zero-order valence-electron chi connectivity index (χ0n) is 11.4. The molecule has 1 amide bonds. The molecular formula is C13H24N2O. The molecule has 0 fully saturated rings. The van der Waals surface area contributed by atoms with Crippen molar-refractivity contribution in [3.63, 3.8) is 0 Å². The Kier molecular flexibility index (Phi) is 10.9. The number of nitrogens with zero attached hydrogens (tertiary/aromatic N) is 2. The largest absolute Gasteiger partial charge is 0.325 e. The highest BCUT2D eigenvalue weighted by molar-refractivity contribution is 5.94. The average Bonchev–Trinajstić information content (AvgIpc) is 2.35. The van der Waals surface area contributed by atoms with Gasteiger partial charge in [-0.1, -0.05) is 33.3 Å². The molecule has 1 aliphatic heterocycles. The third-order valence-corrected chi connectivity index (χ3v) is 2.27. The zero-order chi connectivity index (χ0) is 13.1. The van der Waals surface area contributed by atoms with Crippen molar-refractivity contribution < 1.29 is 4.79 Å². The van der Waals surface area contributed by atoms with Gasteiger partial charge >= 0.3 is 0 Å². The summed E-state index contributed by atoms with van der Waals surface area (Å²) in [5.41, 5.74) is 1.95. The lowest BCUT2D eigenvalue weighted by molar-refractivity contribution is -0.127. The van der Waals surface area contributed by atoms with E-state index in [4.69, 9.17) is 5.26 Å². The van der Waals surface area contributed by atoms with Crippen LogP contribution in [-0.4, -0.2) is 23.9 Å². The van der Waals surface area contributed by atoms with Crippen molar-refractivity contribution >= 4 is 5.91 Å². The van der Waals surface area contributed by atoms with Gasteiger partial charge < -0.3 is 4.90 Å². The summed E-state index contributed by atoms with van der Waals surface area (Å²) in [6, 6.07) is 1.99. The van der Waals surface area contributed by atoms with E-state index in [1.165, 1.54) is 0 Å². The molecule has 1 heterocycles. The number of nitriles is 1. The smallest absolute Gasteiger partial charge is 0.250 e. The van der Waals surface area contributed by atoms with Gasteiger partial charge in [-0.2, -0.15) is 5.26 Å². The second kappa shape index (κ2) is 10.2. The lowest BCUT2D eigenvalue weighted by atomic mass is 10.0. The topological polar surface area (TPSA) is 44.1 Å². The van der Waals surface area contributed by atoms with Crippen molar-refractivity contribution in [2.24, 2.45) is 0 Å². The van der Waals surface area contributed by atoms with Crippen LogP contribution in [0.1, 0.15) is 48.0 Å². The van der Waals surface area contributed by atoms with E-state index in [1.54, 1.807) is 4.90 Å². The summed E-state index contributed by atoms with van der Waals surface area (Å²) in [5, 5.41) is 8.43. The van der Waals surface area contributed by atoms with Crippen LogP contribution in [0.2, 0.25) is 0 Å². The fourth-order valence-electron chi connectivity index (χ4n) is 1.25. The van der Waals surface area contributed by atoms with Crippen LogP contribution >= 0.6 is 0 Å². The Balaban J connectivity index is 0. The third kappa shape index (κ3) is 4.97. The summed E-state index contributed by atoms with van der Waals surface area (Å²) in [7, 11) is 0. The summed E-state index contributed by atoms with van der Waals surface area (Å²) >= 11 is 0. The van der Waals surface area contributed by atoms with E-state index in [2.05, 4.69) is 0 Å². The first-order valence-corrected chi connectivity index (χ1v) is 5.99. The number of carbonyl (C=O) groups is 1. The number of hydrogen-bond acceptors (Lipinski definition) is 2. The van der Waals surface area contributed by atoms with Gasteiger partial charge in [-0.3, -0.25) is 4.79 Å². The molecule has 0 aromatic carbocycles. The number of rotatable bonds is 1. The standard InChI is InChI=1S/C9H12N2O.2C2H6/c1-7-3-5-11(6-4-10)9(12)8(7)2;2*1-2/h3,5-6H2,1-2H3;2*1-2H3. The molecule has 0 unspecified atom stereocenters. The van der Waals surface area contributed by atoms with E-state index < -0.39 is 0 Å². The molecular weight excluding hydrogens is 200 g/mol. The van der Waals surface area contributed by atoms with Gasteiger partial charge in [0.1, 0.15) is 6.54 Å². The Hall–Kier alpha value is -1.30. The monoisotopic (exact) mass is 224 g/mol. The summed E-state index contributed by atoms with van der Waals surface area (Å²) in [6.07, 6.45) is 0.902. The van der Waals surface area contributed by atoms with E-state index in [1.807, 2.05) is 47.6 Å². The molecule has 0 aliphatic carbocycles. The Bertz CT molecular complexity index is 274. The summed E-state index contributed by atoms with van der Waals surface area (Å²) in [5.74, 6) is 0.0142. The van der Waals surface area contributed by atoms with E-state index in [0.29, 0.717) is 6.54 Å². The predicted octanol–water partition coefficient (Wildman–Crippen LogP) is 3.13. The third-order valence-electron chi connectivity index (χ3n) is 2.27. The molecule has 3 nitrogen and oxygen atoms in total. The summed E-state index contributed by atoms with van der Waals surface area (Å²) in [6.45, 7) is 12.7. The second-order valence-electron chi connectivity index (χ2n) is 3.04. The molecule has 0 aromatic rings. The molecule has 0 bridgehead atoms. The fraction of sp³-hybridized carbons (Fsp3) is 0.692. The van der Waals surface area contributed by atoms with Gasteiger partial charge in [0.25, 0.3) is 0 Å². The quantitative estimate of drug-likeness (QED) is 0.642. The Morgan fingerprint density at radius 3 is 2.19 bits per heavy atom. The minimum absolute atomic E-state index is 0.0142. The lowest BCUT2D eigenvalue weighted by Gasteiger charge is -2.25. The number of hydrogen-bond donors (Lipinski definition) is 0. The highest BCUT2D eigenvalue weighted by Crippen LogP contribution is 2.17. The van der Waals surface area contributed by atoms with Gasteiger partial charge in [0.2, 0.25) is 5.91 Å². The maximum atomic E-state index is 11.4. The Labute approximate surface area is 99.7 Å². The molecule has 92 valence electrons. The SMILES string of the molecule is CC.CC.CC1=C(C)C(=O)N(CC#N)CC1. The van der Waals surface area contributed by atoms with E-state index >= 15 is 0 Å². The average molecular weight is 224 g/mol. The van der Waals surface area contributed by atoms with Gasteiger partial charge in [0.15, 0.2) is 0 Å². The van der Waals surface area contributed by atoms with Crippen LogP contribution in [-0.2, 0) is 4.79 Å². The number of amides is 1. The molecule has 0 saturated heterocycles. The molecule has 3 heteroatoms. The van der Waals surface area contributed by atoms with Crippen molar-refractivity contribution in [2.45, 2.75) is 48.0 Å². The molecule has 0 spiro atoms. The summed E-state index contributed by atoms with van der Waals surface area (Å²) in [4.78, 5) is 13.0. The highest BCUT2D eigenvalue weighted by atomic mass is 16.2. The van der Waals surface area contributed by atoms with Crippen LogP contribution in [0.15, 0.2) is 11.1 Å². The summed E-state index contributed by atoms with van der Waals surface area (Å²) < 4.78 is 0. The Morgan fingerprint density at radius 1 is 1.25 bits per heavy atom. The maximum absolute atomic E-state index is 11.4. The van der Waals surface area contributed by atoms with E-state index in [-0.39, 0.29) is 12.5 Å². The minimum atomic E-state index is 0.0142. The normalized spacial score (nSPS) is 14.3. The lowest BCUT2D eigenvalue weighted by Crippen LogP contribution is -2.36. The first kappa shape index (κ1) is 17.1. The molecule has 0 saturated carbocycles. The van der Waals surface area contributed by atoms with Crippen LogP contribution in [0, 0.1) is 11.3 Å². The molecule has 0 N–H and O–H groups in total. The van der Waals surface area contributed by atoms with Crippen molar-refractivity contribution in [2.75, 3.05) is 13.1 Å². The molecule has 1 aliphatic rings. The highest BCUT2D eigenvalue weighted by Gasteiger charge is 2.20. The molecule has 0 aromatic heterocycles. The molecule has 16 heavy (non-hydrogen) atoms. The zero-order valence-corrected chi connectivity index (χ0v) is 11.4.